The van der Waals surface area contributed by atoms with Gasteiger partial charge < -0.3 is 26.0 Å². The maximum absolute atomic E-state index is 11.7. The van der Waals surface area contributed by atoms with E-state index in [0.717, 1.165) is 0 Å². The molecular weight excluding hydrogens is 313 g/mol. The van der Waals surface area contributed by atoms with Gasteiger partial charge in [0, 0.05) is 6.54 Å². The molecule has 0 bridgehead atoms. The average molecular weight is 330 g/mol. The number of carbonyl (C=O) groups is 3. The van der Waals surface area contributed by atoms with Gasteiger partial charge in [0.2, 0.25) is 5.91 Å². The summed E-state index contributed by atoms with van der Waals surface area (Å²) in [7, 11) is 0. The van der Waals surface area contributed by atoms with Crippen LogP contribution in [-0.2, 0) is 14.4 Å². The van der Waals surface area contributed by atoms with Crippen molar-refractivity contribution in [2.75, 3.05) is 6.54 Å². The monoisotopic (exact) mass is 330 g/mol. The second-order valence-corrected chi connectivity index (χ2v) is 4.60. The first-order chi connectivity index (χ1) is 9.89. The number of nitrogens with zero attached hydrogens (tertiary/aromatic N) is 1. The molecule has 22 heavy (non-hydrogen) atoms. The molecule has 1 heterocycles. The van der Waals surface area contributed by atoms with Crippen molar-refractivity contribution in [1.82, 2.24) is 4.90 Å². The lowest BCUT2D eigenvalue weighted by atomic mass is 10.1. The van der Waals surface area contributed by atoms with E-state index in [4.69, 9.17) is 25.8 Å². The van der Waals surface area contributed by atoms with Gasteiger partial charge in [-0.2, -0.15) is 13.2 Å². The van der Waals surface area contributed by atoms with Gasteiger partial charge in [-0.1, -0.05) is 0 Å². The van der Waals surface area contributed by atoms with Gasteiger partial charge >= 0.3 is 18.1 Å². The lowest BCUT2D eigenvalue weighted by Gasteiger charge is -2.25. The molecule has 0 aromatic heterocycles. The van der Waals surface area contributed by atoms with Crippen LogP contribution in [0.4, 0.5) is 13.2 Å². The standard InChI is InChI=1S/C9H16N2O4.C2HF3O2/c1-5(12)7(10)8(13)11-4-2-3-6(11)9(14)15;3-2(4,5)1(6)7/h5-7,12H,2-4,10H2,1H3,(H,14,15);(H,6,7)/t5-,6+,7+;/m1./s1. The molecule has 1 aliphatic heterocycles. The Bertz CT molecular complexity index is 427. The summed E-state index contributed by atoms with van der Waals surface area (Å²) in [6.45, 7) is 1.81. The number of alkyl halides is 3. The quantitative estimate of drug-likeness (QED) is 0.541. The number of likely N-dealkylation sites (tertiary alicyclic amines) is 1. The van der Waals surface area contributed by atoms with E-state index in [1.807, 2.05) is 0 Å². The summed E-state index contributed by atoms with van der Waals surface area (Å²) in [5.41, 5.74) is 5.47. The number of rotatable bonds is 3. The van der Waals surface area contributed by atoms with Crippen LogP contribution in [0.5, 0.6) is 0 Å². The van der Waals surface area contributed by atoms with Crippen LogP contribution in [0.25, 0.3) is 0 Å². The molecule has 0 spiro atoms. The van der Waals surface area contributed by atoms with E-state index < -0.39 is 42.2 Å². The largest absolute Gasteiger partial charge is 0.490 e. The highest BCUT2D eigenvalue weighted by atomic mass is 19.4. The first-order valence-electron chi connectivity index (χ1n) is 6.16. The zero-order chi connectivity index (χ0) is 17.7. The first kappa shape index (κ1) is 20.1. The SMILES string of the molecule is C[C@@H](O)[C@H](N)C(=O)N1CCC[C@H]1C(=O)O.O=C(O)C(F)(F)F. The van der Waals surface area contributed by atoms with Gasteiger partial charge in [0.25, 0.3) is 0 Å². The van der Waals surface area contributed by atoms with Crippen LogP contribution in [0, 0.1) is 0 Å². The fourth-order valence-electron chi connectivity index (χ4n) is 1.69. The molecule has 1 fully saturated rings. The zero-order valence-corrected chi connectivity index (χ0v) is 11.6. The minimum atomic E-state index is -5.08. The van der Waals surface area contributed by atoms with E-state index in [1.54, 1.807) is 0 Å². The Morgan fingerprint density at radius 2 is 1.73 bits per heavy atom. The third-order valence-electron chi connectivity index (χ3n) is 2.87. The van der Waals surface area contributed by atoms with Gasteiger partial charge in [-0.25, -0.2) is 9.59 Å². The number of aliphatic hydroxyl groups excluding tert-OH is 1. The molecule has 1 saturated heterocycles. The molecule has 0 aromatic carbocycles. The van der Waals surface area contributed by atoms with E-state index in [2.05, 4.69) is 0 Å². The Morgan fingerprint density at radius 3 is 2.05 bits per heavy atom. The minimum Gasteiger partial charge on any atom is -0.480 e. The Hall–Kier alpha value is -1.88. The summed E-state index contributed by atoms with van der Waals surface area (Å²) in [5.74, 6) is -4.26. The Morgan fingerprint density at radius 1 is 1.27 bits per heavy atom. The van der Waals surface area contributed by atoms with Gasteiger partial charge in [0.1, 0.15) is 12.1 Å². The van der Waals surface area contributed by atoms with Gasteiger partial charge in [-0.15, -0.1) is 0 Å². The van der Waals surface area contributed by atoms with Crippen LogP contribution in [0.2, 0.25) is 0 Å². The maximum Gasteiger partial charge on any atom is 0.490 e. The van der Waals surface area contributed by atoms with Crippen LogP contribution in [0.15, 0.2) is 0 Å². The highest BCUT2D eigenvalue weighted by molar-refractivity contribution is 5.87. The molecule has 0 radical (unpaired) electrons. The molecule has 11 heteroatoms. The number of carboxylic acid groups (broad SMARTS) is 2. The third kappa shape index (κ3) is 5.85. The number of carboxylic acids is 2. The minimum absolute atomic E-state index is 0.399. The normalized spacial score (nSPS) is 20.6. The van der Waals surface area contributed by atoms with Crippen molar-refractivity contribution in [3.8, 4) is 0 Å². The van der Waals surface area contributed by atoms with Gasteiger partial charge in [-0.05, 0) is 19.8 Å². The van der Waals surface area contributed by atoms with E-state index in [1.165, 1.54) is 11.8 Å². The van der Waals surface area contributed by atoms with E-state index >= 15 is 0 Å². The molecule has 8 nitrogen and oxygen atoms in total. The van der Waals surface area contributed by atoms with Crippen molar-refractivity contribution in [2.45, 2.75) is 44.1 Å². The maximum atomic E-state index is 11.7. The molecule has 128 valence electrons. The number of hydrogen-bond acceptors (Lipinski definition) is 5. The summed E-state index contributed by atoms with van der Waals surface area (Å²) in [5, 5.41) is 25.1. The molecule has 3 atom stereocenters. The summed E-state index contributed by atoms with van der Waals surface area (Å²) in [6.07, 6.45) is -4.93. The molecule has 1 amide bonds. The number of aliphatic carboxylic acids is 2. The predicted molar refractivity (Wildman–Crippen MR) is 65.7 cm³/mol. The van der Waals surface area contributed by atoms with Crippen molar-refractivity contribution in [3.63, 3.8) is 0 Å². The van der Waals surface area contributed by atoms with Crippen LogP contribution < -0.4 is 5.73 Å². The second kappa shape index (κ2) is 7.94. The zero-order valence-electron chi connectivity index (χ0n) is 11.6. The topological polar surface area (TPSA) is 141 Å². The van der Waals surface area contributed by atoms with Crippen LogP contribution >= 0.6 is 0 Å². The smallest absolute Gasteiger partial charge is 0.480 e. The van der Waals surface area contributed by atoms with Crippen LogP contribution in [-0.4, -0.2) is 69.0 Å². The first-order valence-corrected chi connectivity index (χ1v) is 6.16. The Kier molecular flexibility index (Phi) is 7.26. The molecule has 0 aromatic rings. The summed E-state index contributed by atoms with van der Waals surface area (Å²) in [4.78, 5) is 32.6. The molecular formula is C11H17F3N2O6. The number of amides is 1. The molecule has 0 unspecified atom stereocenters. The summed E-state index contributed by atoms with van der Waals surface area (Å²) in [6, 6.07) is -1.83. The summed E-state index contributed by atoms with van der Waals surface area (Å²) < 4.78 is 31.7. The molecule has 0 saturated carbocycles. The van der Waals surface area contributed by atoms with Gasteiger partial charge in [-0.3, -0.25) is 4.79 Å². The number of aliphatic hydroxyl groups is 1. The van der Waals surface area contributed by atoms with Crippen LogP contribution in [0.3, 0.4) is 0 Å². The lowest BCUT2D eigenvalue weighted by Crippen LogP contribution is -2.52. The van der Waals surface area contributed by atoms with E-state index in [0.29, 0.717) is 19.4 Å². The van der Waals surface area contributed by atoms with Crippen molar-refractivity contribution in [2.24, 2.45) is 5.73 Å². The third-order valence-corrected chi connectivity index (χ3v) is 2.87. The Labute approximate surface area is 123 Å². The second-order valence-electron chi connectivity index (χ2n) is 4.60. The number of nitrogens with two attached hydrogens (primary N) is 1. The van der Waals surface area contributed by atoms with E-state index in [9.17, 15) is 22.8 Å². The summed E-state index contributed by atoms with van der Waals surface area (Å²) >= 11 is 0. The molecule has 1 aliphatic rings. The van der Waals surface area contributed by atoms with Crippen molar-refractivity contribution < 1.29 is 42.9 Å². The fourth-order valence-corrected chi connectivity index (χ4v) is 1.69. The fraction of sp³-hybridized carbons (Fsp3) is 0.727. The molecule has 1 rings (SSSR count). The highest BCUT2D eigenvalue weighted by Gasteiger charge is 2.38. The Balaban J connectivity index is 0.000000534. The molecule has 0 aliphatic carbocycles. The van der Waals surface area contributed by atoms with Gasteiger partial charge in [0.15, 0.2) is 0 Å². The number of hydrogen-bond donors (Lipinski definition) is 4. The van der Waals surface area contributed by atoms with Crippen LogP contribution in [0.1, 0.15) is 19.8 Å². The van der Waals surface area contributed by atoms with Gasteiger partial charge in [0.05, 0.1) is 6.10 Å². The average Bonchev–Trinajstić information content (AvgIpc) is 2.85. The van der Waals surface area contributed by atoms with E-state index in [-0.39, 0.29) is 0 Å². The van der Waals surface area contributed by atoms with Crippen molar-refractivity contribution in [3.05, 3.63) is 0 Å². The highest BCUT2D eigenvalue weighted by Crippen LogP contribution is 2.18. The van der Waals surface area contributed by atoms with Crippen molar-refractivity contribution in [1.29, 1.82) is 0 Å². The lowest BCUT2D eigenvalue weighted by molar-refractivity contribution is -0.192. The van der Waals surface area contributed by atoms with Crippen molar-refractivity contribution >= 4 is 17.8 Å². The predicted octanol–water partition coefficient (Wildman–Crippen LogP) is -0.597. The number of halogens is 3. The number of carbonyl (C=O) groups excluding carboxylic acids is 1. The molecule has 5 N–H and O–H groups in total.